The Morgan fingerprint density at radius 2 is 1.71 bits per heavy atom. The van der Waals surface area contributed by atoms with Crippen molar-refractivity contribution in [3.05, 3.63) is 89.1 Å². The number of halogens is 1. The van der Waals surface area contributed by atoms with Crippen molar-refractivity contribution in [2.75, 3.05) is 26.7 Å². The zero-order valence-electron chi connectivity index (χ0n) is 22.2. The van der Waals surface area contributed by atoms with E-state index in [0.29, 0.717) is 18.6 Å². The predicted octanol–water partition coefficient (Wildman–Crippen LogP) is 6.17. The molecular formula is C32H37ClN4O. The lowest BCUT2D eigenvalue weighted by molar-refractivity contribution is 0.0567. The van der Waals surface area contributed by atoms with E-state index in [4.69, 9.17) is 22.1 Å². The molecule has 4 aromatic rings. The van der Waals surface area contributed by atoms with Gasteiger partial charge in [-0.2, -0.15) is 0 Å². The van der Waals surface area contributed by atoms with E-state index < -0.39 is 0 Å². The zero-order chi connectivity index (χ0) is 26.1. The van der Waals surface area contributed by atoms with Crippen LogP contribution in [0.5, 0.6) is 5.75 Å². The molecule has 3 aromatic carbocycles. The third-order valence-electron chi connectivity index (χ3n) is 8.38. The first-order valence-corrected chi connectivity index (χ1v) is 14.2. The van der Waals surface area contributed by atoms with E-state index in [2.05, 4.69) is 63.0 Å². The first kappa shape index (κ1) is 25.4. The van der Waals surface area contributed by atoms with E-state index in [-0.39, 0.29) is 0 Å². The van der Waals surface area contributed by atoms with Gasteiger partial charge in [0.2, 0.25) is 0 Å². The van der Waals surface area contributed by atoms with Gasteiger partial charge < -0.3 is 15.0 Å². The maximum absolute atomic E-state index is 6.49. The number of ether oxygens (including phenoxy) is 1. The average Bonchev–Trinajstić information content (AvgIpc) is 3.41. The molecule has 1 unspecified atom stereocenters. The molecule has 2 aliphatic rings. The molecule has 2 N–H and O–H groups in total. The number of piperazine rings is 1. The largest absolute Gasteiger partial charge is 0.497 e. The van der Waals surface area contributed by atoms with Crippen molar-refractivity contribution in [2.45, 2.75) is 51.0 Å². The lowest BCUT2D eigenvalue weighted by Crippen LogP contribution is -2.52. The lowest BCUT2D eigenvalue weighted by atomic mass is 10.0. The summed E-state index contributed by atoms with van der Waals surface area (Å²) in [6.45, 7) is 5.79. The van der Waals surface area contributed by atoms with Crippen molar-refractivity contribution in [3.8, 4) is 16.9 Å². The molecule has 1 aromatic heterocycles. The third kappa shape index (κ3) is 5.08. The minimum absolute atomic E-state index is 0.598. The molecule has 2 atom stereocenters. The van der Waals surface area contributed by atoms with E-state index in [0.717, 1.165) is 49.9 Å². The molecule has 0 radical (unpaired) electrons. The molecule has 2 fully saturated rings. The summed E-state index contributed by atoms with van der Waals surface area (Å²) in [5, 5.41) is 2.19. The highest BCUT2D eigenvalue weighted by atomic mass is 35.5. The summed E-state index contributed by atoms with van der Waals surface area (Å²) in [4.78, 5) is 5.35. The number of benzene rings is 3. The normalized spacial score (nSPS) is 19.9. The molecule has 2 bridgehead atoms. The minimum Gasteiger partial charge on any atom is -0.497 e. The number of nitrogens with zero attached hydrogens (tertiary/aromatic N) is 3. The summed E-state index contributed by atoms with van der Waals surface area (Å²) in [6.07, 6.45) is 5.81. The van der Waals surface area contributed by atoms with Crippen molar-refractivity contribution in [2.24, 2.45) is 5.73 Å². The van der Waals surface area contributed by atoms with Crippen LogP contribution in [-0.2, 0) is 19.6 Å². The fourth-order valence-corrected chi connectivity index (χ4v) is 6.63. The molecule has 2 aliphatic heterocycles. The Morgan fingerprint density at radius 3 is 2.42 bits per heavy atom. The molecular weight excluding hydrogens is 492 g/mol. The molecule has 5 nitrogen and oxygen atoms in total. The van der Waals surface area contributed by atoms with E-state index in [1.807, 2.05) is 24.3 Å². The van der Waals surface area contributed by atoms with Crippen LogP contribution in [0.3, 0.4) is 0 Å². The number of aromatic nitrogens is 1. The van der Waals surface area contributed by atoms with Gasteiger partial charge in [-0.05, 0) is 72.8 Å². The Hall–Kier alpha value is -2.83. The van der Waals surface area contributed by atoms with E-state index in [1.165, 1.54) is 46.0 Å². The summed E-state index contributed by atoms with van der Waals surface area (Å²) < 4.78 is 7.75. The van der Waals surface area contributed by atoms with Crippen molar-refractivity contribution < 1.29 is 4.74 Å². The van der Waals surface area contributed by atoms with Crippen LogP contribution in [0.1, 0.15) is 30.4 Å². The SMILES string of the molecule is COc1ccc(-c2cn(CCCN)c3ccc(CN4CC5CC[C@@H](C4)N5Cc4ccccc4Cl)cc23)cc1. The van der Waals surface area contributed by atoms with Crippen LogP contribution < -0.4 is 10.5 Å². The Kier molecular flexibility index (Phi) is 7.44. The molecule has 38 heavy (non-hydrogen) atoms. The molecule has 6 heteroatoms. The summed E-state index contributed by atoms with van der Waals surface area (Å²) in [5.74, 6) is 0.879. The van der Waals surface area contributed by atoms with Gasteiger partial charge in [-0.15, -0.1) is 0 Å². The number of hydrogen-bond donors (Lipinski definition) is 1. The summed E-state index contributed by atoms with van der Waals surface area (Å²) >= 11 is 6.49. The van der Waals surface area contributed by atoms with Gasteiger partial charge in [-0.1, -0.05) is 48.0 Å². The number of hydrogen-bond acceptors (Lipinski definition) is 4. The van der Waals surface area contributed by atoms with Gasteiger partial charge in [0.25, 0.3) is 0 Å². The minimum atomic E-state index is 0.598. The van der Waals surface area contributed by atoms with E-state index in [9.17, 15) is 0 Å². The second-order valence-corrected chi connectivity index (χ2v) is 11.2. The van der Waals surface area contributed by atoms with Crippen LogP contribution in [0.4, 0.5) is 0 Å². The Balaban J connectivity index is 1.23. The fraction of sp³-hybridized carbons (Fsp3) is 0.375. The molecule has 0 saturated carbocycles. The third-order valence-corrected chi connectivity index (χ3v) is 8.74. The van der Waals surface area contributed by atoms with Gasteiger partial charge in [0.1, 0.15) is 5.75 Å². The average molecular weight is 529 g/mol. The van der Waals surface area contributed by atoms with Crippen LogP contribution >= 0.6 is 11.6 Å². The van der Waals surface area contributed by atoms with Crippen LogP contribution in [0.2, 0.25) is 5.02 Å². The lowest BCUT2D eigenvalue weighted by Gasteiger charge is -2.41. The topological polar surface area (TPSA) is 46.7 Å². The highest BCUT2D eigenvalue weighted by Crippen LogP contribution is 2.35. The molecule has 2 saturated heterocycles. The van der Waals surface area contributed by atoms with Crippen LogP contribution in [-0.4, -0.2) is 53.2 Å². The molecule has 0 spiro atoms. The summed E-state index contributed by atoms with van der Waals surface area (Å²) in [7, 11) is 1.71. The highest BCUT2D eigenvalue weighted by Gasteiger charge is 2.39. The number of nitrogens with two attached hydrogens (primary N) is 1. The second kappa shape index (κ2) is 11.1. The maximum Gasteiger partial charge on any atom is 0.118 e. The van der Waals surface area contributed by atoms with Crippen molar-refractivity contribution in [1.82, 2.24) is 14.4 Å². The fourth-order valence-electron chi connectivity index (χ4n) is 6.44. The van der Waals surface area contributed by atoms with Gasteiger partial charge in [-0.3, -0.25) is 9.80 Å². The number of fused-ring (bicyclic) bond motifs is 3. The quantitative estimate of drug-likeness (QED) is 0.282. The van der Waals surface area contributed by atoms with Crippen molar-refractivity contribution in [3.63, 3.8) is 0 Å². The van der Waals surface area contributed by atoms with Crippen LogP contribution in [0, 0.1) is 0 Å². The van der Waals surface area contributed by atoms with Gasteiger partial charge in [0.05, 0.1) is 7.11 Å². The number of methoxy groups -OCH3 is 1. The molecule has 0 amide bonds. The highest BCUT2D eigenvalue weighted by molar-refractivity contribution is 6.31. The van der Waals surface area contributed by atoms with Gasteiger partial charge in [0, 0.05) is 72.5 Å². The predicted molar refractivity (Wildman–Crippen MR) is 157 cm³/mol. The molecule has 198 valence electrons. The van der Waals surface area contributed by atoms with Gasteiger partial charge in [0.15, 0.2) is 0 Å². The Morgan fingerprint density at radius 1 is 0.947 bits per heavy atom. The maximum atomic E-state index is 6.49. The van der Waals surface area contributed by atoms with Crippen molar-refractivity contribution in [1.29, 1.82) is 0 Å². The van der Waals surface area contributed by atoms with Crippen molar-refractivity contribution >= 4 is 22.5 Å². The first-order valence-electron chi connectivity index (χ1n) is 13.8. The molecule has 6 rings (SSSR count). The summed E-state index contributed by atoms with van der Waals surface area (Å²) in [5.41, 5.74) is 12.2. The Bertz CT molecular complexity index is 1380. The zero-order valence-corrected chi connectivity index (χ0v) is 22.9. The number of rotatable bonds is 9. The first-order chi connectivity index (χ1) is 18.6. The standard InChI is InChI=1S/C32H37ClN4O/c1-38-28-12-8-24(9-13-28)30-22-36(16-4-15-34)32-14-7-23(17-29(30)32)18-35-20-26-10-11-27(21-35)37(26)19-25-5-2-3-6-31(25)33/h2-3,5-9,12-14,17,22,26-27H,4,10-11,15-16,18-21,34H2,1H3/t26-,27?/m0/s1. The Labute approximate surface area is 230 Å². The van der Waals surface area contributed by atoms with Crippen LogP contribution in [0.15, 0.2) is 72.9 Å². The number of aryl methyl sites for hydroxylation is 1. The second-order valence-electron chi connectivity index (χ2n) is 10.8. The smallest absolute Gasteiger partial charge is 0.118 e. The van der Waals surface area contributed by atoms with E-state index >= 15 is 0 Å². The monoisotopic (exact) mass is 528 g/mol. The van der Waals surface area contributed by atoms with Crippen LogP contribution in [0.25, 0.3) is 22.0 Å². The van der Waals surface area contributed by atoms with E-state index in [1.54, 1.807) is 7.11 Å². The van der Waals surface area contributed by atoms with Gasteiger partial charge >= 0.3 is 0 Å². The molecule has 0 aliphatic carbocycles. The summed E-state index contributed by atoms with van der Waals surface area (Å²) in [6, 6.07) is 24.9. The molecule has 3 heterocycles. The van der Waals surface area contributed by atoms with Gasteiger partial charge in [-0.25, -0.2) is 0 Å². The number of likely N-dealkylation sites (tertiary alicyclic amines) is 1.